The molecule has 0 aromatic rings. The summed E-state index contributed by atoms with van der Waals surface area (Å²) in [6.45, 7) is 4.08. The number of aliphatic hydroxyl groups excluding tert-OH is 2. The van der Waals surface area contributed by atoms with Crippen LogP contribution in [-0.4, -0.2) is 22.4 Å². The van der Waals surface area contributed by atoms with E-state index in [0.717, 1.165) is 38.5 Å². The minimum atomic E-state index is -0.334. The van der Waals surface area contributed by atoms with Crippen LogP contribution in [0.15, 0.2) is 60.8 Å². The SMILES string of the molecule is CCCC[C@@H](O)/C=C/C=C\C/C=C\C/C=C\C=C\[C@H](O)CC. The third-order valence-corrected chi connectivity index (χ3v) is 3.14. The van der Waals surface area contributed by atoms with Gasteiger partial charge in [-0.1, -0.05) is 87.4 Å². The van der Waals surface area contributed by atoms with Crippen molar-refractivity contribution in [3.8, 4) is 0 Å². The Labute approximate surface area is 136 Å². The maximum atomic E-state index is 9.61. The number of rotatable bonds is 12. The highest BCUT2D eigenvalue weighted by Gasteiger charge is 1.95. The first kappa shape index (κ1) is 20.6. The Morgan fingerprint density at radius 3 is 1.77 bits per heavy atom. The molecule has 0 saturated heterocycles. The fourth-order valence-electron chi connectivity index (χ4n) is 1.69. The van der Waals surface area contributed by atoms with Crippen molar-refractivity contribution in [1.29, 1.82) is 0 Å². The molecule has 0 aliphatic heterocycles. The van der Waals surface area contributed by atoms with Crippen molar-refractivity contribution < 1.29 is 10.2 Å². The summed E-state index contributed by atoms with van der Waals surface area (Å²) < 4.78 is 0. The number of hydrogen-bond acceptors (Lipinski definition) is 2. The average Bonchev–Trinajstić information content (AvgIpc) is 2.53. The molecule has 0 heterocycles. The second-order valence-electron chi connectivity index (χ2n) is 5.25. The Bertz CT molecular complexity index is 375. The van der Waals surface area contributed by atoms with Crippen LogP contribution in [0, 0.1) is 0 Å². The predicted molar refractivity (Wildman–Crippen MR) is 96.8 cm³/mol. The molecule has 0 amide bonds. The van der Waals surface area contributed by atoms with E-state index in [9.17, 15) is 10.2 Å². The molecule has 0 saturated carbocycles. The zero-order valence-corrected chi connectivity index (χ0v) is 14.1. The van der Waals surface area contributed by atoms with Gasteiger partial charge >= 0.3 is 0 Å². The lowest BCUT2D eigenvalue weighted by molar-refractivity contribution is 0.209. The van der Waals surface area contributed by atoms with Gasteiger partial charge in [0.15, 0.2) is 0 Å². The molecule has 0 radical (unpaired) electrons. The molecular weight excluding hydrogens is 272 g/mol. The van der Waals surface area contributed by atoms with Gasteiger partial charge in [-0.05, 0) is 25.7 Å². The summed E-state index contributed by atoms with van der Waals surface area (Å²) >= 11 is 0. The zero-order valence-electron chi connectivity index (χ0n) is 14.1. The van der Waals surface area contributed by atoms with Crippen LogP contribution < -0.4 is 0 Å². The van der Waals surface area contributed by atoms with Gasteiger partial charge in [0.2, 0.25) is 0 Å². The number of unbranched alkanes of at least 4 members (excludes halogenated alkanes) is 1. The Hall–Kier alpha value is -1.38. The van der Waals surface area contributed by atoms with Crippen molar-refractivity contribution in [1.82, 2.24) is 0 Å². The van der Waals surface area contributed by atoms with Gasteiger partial charge in [-0.15, -0.1) is 0 Å². The molecule has 0 rings (SSSR count). The van der Waals surface area contributed by atoms with E-state index in [1.807, 2.05) is 37.3 Å². The topological polar surface area (TPSA) is 40.5 Å². The van der Waals surface area contributed by atoms with Gasteiger partial charge in [-0.2, -0.15) is 0 Å². The van der Waals surface area contributed by atoms with E-state index in [4.69, 9.17) is 0 Å². The quantitative estimate of drug-likeness (QED) is 0.399. The van der Waals surface area contributed by atoms with Crippen molar-refractivity contribution >= 4 is 0 Å². The lowest BCUT2D eigenvalue weighted by atomic mass is 10.1. The van der Waals surface area contributed by atoms with Crippen molar-refractivity contribution in [2.24, 2.45) is 0 Å². The van der Waals surface area contributed by atoms with E-state index in [2.05, 4.69) is 31.2 Å². The van der Waals surface area contributed by atoms with Crippen LogP contribution in [0.2, 0.25) is 0 Å². The predicted octanol–water partition coefficient (Wildman–Crippen LogP) is 4.87. The fourth-order valence-corrected chi connectivity index (χ4v) is 1.69. The lowest BCUT2D eigenvalue weighted by Crippen LogP contribution is -2.00. The van der Waals surface area contributed by atoms with E-state index in [1.165, 1.54) is 0 Å². The minimum Gasteiger partial charge on any atom is -0.389 e. The van der Waals surface area contributed by atoms with E-state index in [-0.39, 0.29) is 12.2 Å². The van der Waals surface area contributed by atoms with E-state index >= 15 is 0 Å². The van der Waals surface area contributed by atoms with Gasteiger partial charge in [0, 0.05) is 0 Å². The molecule has 22 heavy (non-hydrogen) atoms. The normalized spacial score (nSPS) is 16.0. The van der Waals surface area contributed by atoms with E-state index in [1.54, 1.807) is 6.08 Å². The summed E-state index contributed by atoms with van der Waals surface area (Å²) in [7, 11) is 0. The van der Waals surface area contributed by atoms with Gasteiger partial charge in [0.05, 0.1) is 12.2 Å². The smallest absolute Gasteiger partial charge is 0.0723 e. The van der Waals surface area contributed by atoms with Gasteiger partial charge < -0.3 is 10.2 Å². The number of allylic oxidation sites excluding steroid dienone is 8. The van der Waals surface area contributed by atoms with Gasteiger partial charge in [-0.3, -0.25) is 0 Å². The Morgan fingerprint density at radius 2 is 1.27 bits per heavy atom. The molecular formula is C20H32O2. The summed E-state index contributed by atoms with van der Waals surface area (Å²) in [5.41, 5.74) is 0. The van der Waals surface area contributed by atoms with Crippen LogP contribution in [0.1, 0.15) is 52.4 Å². The average molecular weight is 304 g/mol. The molecule has 0 fully saturated rings. The van der Waals surface area contributed by atoms with Crippen LogP contribution in [0.25, 0.3) is 0 Å². The maximum absolute atomic E-state index is 9.61. The first-order valence-corrected chi connectivity index (χ1v) is 8.38. The molecule has 0 aliphatic carbocycles. The van der Waals surface area contributed by atoms with Gasteiger partial charge in [0.1, 0.15) is 0 Å². The molecule has 0 bridgehead atoms. The van der Waals surface area contributed by atoms with E-state index in [0.29, 0.717) is 0 Å². The lowest BCUT2D eigenvalue weighted by Gasteiger charge is -2.01. The number of hydrogen-bond donors (Lipinski definition) is 2. The van der Waals surface area contributed by atoms with Crippen LogP contribution in [0.3, 0.4) is 0 Å². The van der Waals surface area contributed by atoms with Gasteiger partial charge in [-0.25, -0.2) is 0 Å². The second kappa shape index (κ2) is 16.0. The molecule has 124 valence electrons. The van der Waals surface area contributed by atoms with Crippen LogP contribution >= 0.6 is 0 Å². The van der Waals surface area contributed by atoms with Crippen molar-refractivity contribution in [2.45, 2.75) is 64.6 Å². The maximum Gasteiger partial charge on any atom is 0.0723 e. The third kappa shape index (κ3) is 15.0. The standard InChI is InChI=1S/C20H32O2/c1-3-5-16-20(22)18-15-13-11-9-7-6-8-10-12-14-17-19(21)4-2/h6-7,10-15,17-22H,3-5,8-9,16H2,1-2H3/b7-6-,12-10-,13-11-,17-14+,18-15+/t19-,20-/m1/s1. The summed E-state index contributed by atoms with van der Waals surface area (Å²) in [6.07, 6.45) is 24.7. The second-order valence-corrected chi connectivity index (χ2v) is 5.25. The third-order valence-electron chi connectivity index (χ3n) is 3.14. The van der Waals surface area contributed by atoms with Crippen molar-refractivity contribution in [3.05, 3.63) is 60.8 Å². The Morgan fingerprint density at radius 1 is 0.727 bits per heavy atom. The molecule has 0 aliphatic rings. The molecule has 2 heteroatoms. The summed E-state index contributed by atoms with van der Waals surface area (Å²) in [6, 6.07) is 0. The molecule has 0 spiro atoms. The monoisotopic (exact) mass is 304 g/mol. The first-order valence-electron chi connectivity index (χ1n) is 8.38. The van der Waals surface area contributed by atoms with Crippen molar-refractivity contribution in [2.75, 3.05) is 0 Å². The highest BCUT2D eigenvalue weighted by atomic mass is 16.3. The van der Waals surface area contributed by atoms with Crippen LogP contribution in [-0.2, 0) is 0 Å². The molecule has 2 N–H and O–H groups in total. The van der Waals surface area contributed by atoms with E-state index < -0.39 is 0 Å². The summed E-state index contributed by atoms with van der Waals surface area (Å²) in [4.78, 5) is 0. The highest BCUT2D eigenvalue weighted by Crippen LogP contribution is 2.01. The van der Waals surface area contributed by atoms with Crippen LogP contribution in [0.5, 0.6) is 0 Å². The first-order chi connectivity index (χ1) is 10.7. The summed E-state index contributed by atoms with van der Waals surface area (Å²) in [5, 5.41) is 18.9. The molecule has 2 atom stereocenters. The van der Waals surface area contributed by atoms with Crippen LogP contribution in [0.4, 0.5) is 0 Å². The highest BCUT2D eigenvalue weighted by molar-refractivity contribution is 5.09. The Balaban J connectivity index is 3.69. The minimum absolute atomic E-state index is 0.315. The molecule has 2 nitrogen and oxygen atoms in total. The van der Waals surface area contributed by atoms with Gasteiger partial charge in [0.25, 0.3) is 0 Å². The Kier molecular flexibility index (Phi) is 15.0. The number of aliphatic hydroxyl groups is 2. The molecule has 0 unspecified atom stereocenters. The zero-order chi connectivity index (χ0) is 16.5. The fraction of sp³-hybridized carbons (Fsp3) is 0.500. The van der Waals surface area contributed by atoms with Crippen molar-refractivity contribution in [3.63, 3.8) is 0 Å². The summed E-state index contributed by atoms with van der Waals surface area (Å²) in [5.74, 6) is 0. The molecule has 0 aromatic heterocycles. The largest absolute Gasteiger partial charge is 0.389 e. The molecule has 0 aromatic carbocycles.